The van der Waals surface area contributed by atoms with Gasteiger partial charge in [0, 0.05) is 12.6 Å². The number of nitrogens with zero attached hydrogens (tertiary/aromatic N) is 4. The van der Waals surface area contributed by atoms with Crippen molar-refractivity contribution in [3.05, 3.63) is 23.3 Å². The fraction of sp³-hybridized carbons (Fsp3) is 0.455. The minimum atomic E-state index is -4.62. The van der Waals surface area contributed by atoms with E-state index in [-0.39, 0.29) is 17.5 Å². The number of carbonyl (C=O) groups excluding carboxylic acids is 1. The molecule has 0 aromatic carbocycles. The van der Waals surface area contributed by atoms with Gasteiger partial charge in [-0.1, -0.05) is 6.92 Å². The van der Waals surface area contributed by atoms with Crippen LogP contribution in [0.5, 0.6) is 0 Å². The first kappa shape index (κ1) is 12.1. The van der Waals surface area contributed by atoms with Gasteiger partial charge in [-0.25, -0.2) is 9.50 Å². The average molecular weight is 270 g/mol. The molecule has 1 atom stereocenters. The number of ketones is 1. The number of Topliss-reactive ketones (excluding diaryl/α,β-unsaturated/α-hetero) is 1. The molecule has 0 fully saturated rings. The van der Waals surface area contributed by atoms with Crippen molar-refractivity contribution < 1.29 is 18.0 Å². The minimum Gasteiger partial charge on any atom is -0.294 e. The average Bonchev–Trinajstić information content (AvgIpc) is 2.68. The maximum absolute atomic E-state index is 12.5. The highest BCUT2D eigenvalue weighted by Crippen LogP contribution is 2.28. The van der Waals surface area contributed by atoms with Crippen molar-refractivity contribution >= 4 is 11.6 Å². The monoisotopic (exact) mass is 270 g/mol. The Morgan fingerprint density at radius 1 is 1.32 bits per heavy atom. The summed E-state index contributed by atoms with van der Waals surface area (Å²) < 4.78 is 38.4. The lowest BCUT2D eigenvalue weighted by molar-refractivity contribution is -0.144. The Morgan fingerprint density at radius 2 is 2.05 bits per heavy atom. The molecule has 19 heavy (non-hydrogen) atoms. The molecule has 100 valence electrons. The normalized spacial score (nSPS) is 19.8. The van der Waals surface area contributed by atoms with E-state index in [1.54, 1.807) is 0 Å². The fourth-order valence-electron chi connectivity index (χ4n) is 2.19. The highest BCUT2D eigenvalue weighted by atomic mass is 19.4. The Kier molecular flexibility index (Phi) is 2.38. The summed E-state index contributed by atoms with van der Waals surface area (Å²) in [5.41, 5.74) is 0.835. The number of halogens is 3. The van der Waals surface area contributed by atoms with Gasteiger partial charge in [-0.15, -0.1) is 5.10 Å². The van der Waals surface area contributed by atoms with Crippen LogP contribution in [0.4, 0.5) is 13.2 Å². The molecule has 2 aromatic heterocycles. The molecule has 0 spiro atoms. The second-order valence-corrected chi connectivity index (χ2v) is 4.72. The molecule has 1 aliphatic carbocycles. The van der Waals surface area contributed by atoms with E-state index in [1.165, 1.54) is 6.20 Å². The number of alkyl halides is 3. The quantitative estimate of drug-likeness (QED) is 0.733. The molecule has 0 saturated carbocycles. The van der Waals surface area contributed by atoms with E-state index in [4.69, 9.17) is 0 Å². The van der Waals surface area contributed by atoms with E-state index in [9.17, 15) is 18.0 Å². The second kappa shape index (κ2) is 3.75. The van der Waals surface area contributed by atoms with Crippen molar-refractivity contribution in [1.29, 1.82) is 0 Å². The van der Waals surface area contributed by atoms with E-state index >= 15 is 0 Å². The van der Waals surface area contributed by atoms with Crippen LogP contribution >= 0.6 is 0 Å². The third kappa shape index (κ3) is 1.96. The van der Waals surface area contributed by atoms with Crippen LogP contribution in [-0.4, -0.2) is 25.4 Å². The zero-order valence-corrected chi connectivity index (χ0v) is 9.90. The summed E-state index contributed by atoms with van der Waals surface area (Å²) in [6.07, 6.45) is -2.40. The fourth-order valence-corrected chi connectivity index (χ4v) is 2.19. The molecule has 8 heteroatoms. The van der Waals surface area contributed by atoms with Gasteiger partial charge in [0.15, 0.2) is 5.78 Å². The minimum absolute atomic E-state index is 0.118. The van der Waals surface area contributed by atoms with E-state index < -0.39 is 12.0 Å². The van der Waals surface area contributed by atoms with E-state index in [2.05, 4.69) is 15.1 Å². The zero-order chi connectivity index (χ0) is 13.8. The first-order chi connectivity index (χ1) is 8.84. The van der Waals surface area contributed by atoms with Crippen LogP contribution in [0.1, 0.15) is 35.2 Å². The van der Waals surface area contributed by atoms with Crippen LogP contribution < -0.4 is 0 Å². The molecule has 3 rings (SSSR count). The maximum atomic E-state index is 12.5. The summed E-state index contributed by atoms with van der Waals surface area (Å²) in [6.45, 7) is 1.90. The van der Waals surface area contributed by atoms with Gasteiger partial charge in [0.2, 0.25) is 0 Å². The smallest absolute Gasteiger partial charge is 0.294 e. The highest BCUT2D eigenvalue weighted by molar-refractivity contribution is 5.98. The third-order valence-electron chi connectivity index (χ3n) is 3.04. The first-order valence-electron chi connectivity index (χ1n) is 5.71. The molecule has 0 aliphatic heterocycles. The highest BCUT2D eigenvalue weighted by Gasteiger charge is 2.37. The van der Waals surface area contributed by atoms with Gasteiger partial charge in [-0.05, 0) is 12.3 Å². The van der Waals surface area contributed by atoms with Crippen LogP contribution in [0, 0.1) is 5.92 Å². The summed E-state index contributed by atoms with van der Waals surface area (Å²) in [4.78, 5) is 19.2. The Labute approximate surface area is 105 Å². The first-order valence-corrected chi connectivity index (χ1v) is 5.71. The van der Waals surface area contributed by atoms with Crippen molar-refractivity contribution in [2.45, 2.75) is 25.9 Å². The number of hydrogen-bond donors (Lipinski definition) is 0. The SMILES string of the molecule is C[C@H]1CC(=O)c2cn3nc(C(F)(F)F)nc3nc2C1. The van der Waals surface area contributed by atoms with Crippen LogP contribution in [0.15, 0.2) is 6.20 Å². The molecule has 1 aliphatic rings. The molecule has 2 heterocycles. The van der Waals surface area contributed by atoms with Crippen molar-refractivity contribution in [2.24, 2.45) is 5.92 Å². The lowest BCUT2D eigenvalue weighted by Gasteiger charge is -2.18. The number of carbonyl (C=O) groups is 1. The van der Waals surface area contributed by atoms with Crippen molar-refractivity contribution in [2.75, 3.05) is 0 Å². The number of hydrogen-bond acceptors (Lipinski definition) is 4. The number of rotatable bonds is 0. The summed E-state index contributed by atoms with van der Waals surface area (Å²) in [6, 6.07) is 0. The standard InChI is InChI=1S/C11H9F3N4O/c1-5-2-7-6(8(19)3-5)4-18-10(15-7)16-9(17-18)11(12,13)14/h4-5H,2-3H2,1H3/t5-/m1/s1. The van der Waals surface area contributed by atoms with Gasteiger partial charge in [-0.3, -0.25) is 4.79 Å². The van der Waals surface area contributed by atoms with Gasteiger partial charge in [0.05, 0.1) is 11.3 Å². The van der Waals surface area contributed by atoms with Gasteiger partial charge in [0.1, 0.15) is 0 Å². The number of fused-ring (bicyclic) bond motifs is 2. The Morgan fingerprint density at radius 3 is 2.74 bits per heavy atom. The van der Waals surface area contributed by atoms with E-state index in [1.807, 2.05) is 6.92 Å². The topological polar surface area (TPSA) is 60.2 Å². The second-order valence-electron chi connectivity index (χ2n) is 4.72. The Bertz CT molecular complexity index is 676. The Balaban J connectivity index is 2.18. The van der Waals surface area contributed by atoms with Gasteiger partial charge in [-0.2, -0.15) is 18.2 Å². The third-order valence-corrected chi connectivity index (χ3v) is 3.04. The molecule has 0 radical (unpaired) electrons. The van der Waals surface area contributed by atoms with Crippen LogP contribution in [0.2, 0.25) is 0 Å². The van der Waals surface area contributed by atoms with Crippen LogP contribution in [0.3, 0.4) is 0 Å². The molecule has 5 nitrogen and oxygen atoms in total. The van der Waals surface area contributed by atoms with Crippen LogP contribution in [-0.2, 0) is 12.6 Å². The molecule has 0 unspecified atom stereocenters. The molecule has 2 aromatic rings. The van der Waals surface area contributed by atoms with Crippen molar-refractivity contribution in [1.82, 2.24) is 19.6 Å². The van der Waals surface area contributed by atoms with Gasteiger partial charge >= 0.3 is 6.18 Å². The molecule has 0 amide bonds. The number of aromatic nitrogens is 4. The largest absolute Gasteiger partial charge is 0.453 e. The predicted molar refractivity (Wildman–Crippen MR) is 57.6 cm³/mol. The lowest BCUT2D eigenvalue weighted by atomic mass is 9.88. The van der Waals surface area contributed by atoms with Crippen molar-refractivity contribution in [3.8, 4) is 0 Å². The van der Waals surface area contributed by atoms with Gasteiger partial charge in [0.25, 0.3) is 11.6 Å². The zero-order valence-electron chi connectivity index (χ0n) is 9.90. The summed E-state index contributed by atoms with van der Waals surface area (Å²) in [5.74, 6) is -1.36. The molecule has 0 N–H and O–H groups in total. The Hall–Kier alpha value is -1.99. The van der Waals surface area contributed by atoms with E-state index in [0.29, 0.717) is 24.1 Å². The predicted octanol–water partition coefficient (Wildman–Crippen LogP) is 1.91. The summed E-state index contributed by atoms with van der Waals surface area (Å²) in [5, 5.41) is 3.31. The van der Waals surface area contributed by atoms with Gasteiger partial charge < -0.3 is 0 Å². The molecule has 0 saturated heterocycles. The lowest BCUT2D eigenvalue weighted by Crippen LogP contribution is -2.20. The van der Waals surface area contributed by atoms with Crippen LogP contribution in [0.25, 0.3) is 5.78 Å². The molecular formula is C11H9F3N4O. The summed E-state index contributed by atoms with van der Waals surface area (Å²) >= 11 is 0. The van der Waals surface area contributed by atoms with E-state index in [0.717, 1.165) is 4.52 Å². The summed E-state index contributed by atoms with van der Waals surface area (Å²) in [7, 11) is 0. The van der Waals surface area contributed by atoms with Crippen molar-refractivity contribution in [3.63, 3.8) is 0 Å². The molecule has 0 bridgehead atoms. The molecular weight excluding hydrogens is 261 g/mol. The maximum Gasteiger partial charge on any atom is 0.453 e.